The summed E-state index contributed by atoms with van der Waals surface area (Å²) >= 11 is 0. The molecule has 2 heterocycles. The lowest BCUT2D eigenvalue weighted by molar-refractivity contribution is 0.292. The van der Waals surface area contributed by atoms with E-state index in [-0.39, 0.29) is 6.61 Å². The van der Waals surface area contributed by atoms with Crippen molar-refractivity contribution in [3.8, 4) is 17.0 Å². The fourth-order valence-corrected chi connectivity index (χ4v) is 2.33. The van der Waals surface area contributed by atoms with Crippen molar-refractivity contribution in [2.75, 3.05) is 25.6 Å². The van der Waals surface area contributed by atoms with E-state index in [4.69, 9.17) is 9.84 Å². The van der Waals surface area contributed by atoms with E-state index in [1.54, 1.807) is 13.3 Å². The summed E-state index contributed by atoms with van der Waals surface area (Å²) in [5.74, 6) is 1.52. The number of anilines is 1. The van der Waals surface area contributed by atoms with Crippen molar-refractivity contribution in [1.29, 1.82) is 0 Å². The van der Waals surface area contributed by atoms with Gasteiger partial charge >= 0.3 is 0 Å². The molecule has 3 rings (SSSR count). The van der Waals surface area contributed by atoms with Crippen molar-refractivity contribution >= 4 is 11.5 Å². The highest BCUT2D eigenvalue weighted by molar-refractivity contribution is 5.71. The topological polar surface area (TPSA) is 71.7 Å². The van der Waals surface area contributed by atoms with Crippen molar-refractivity contribution < 1.29 is 9.84 Å². The summed E-state index contributed by atoms with van der Waals surface area (Å²) in [5, 5.41) is 12.1. The van der Waals surface area contributed by atoms with E-state index in [0.29, 0.717) is 18.8 Å². The van der Waals surface area contributed by atoms with Crippen LogP contribution in [0.5, 0.6) is 5.75 Å². The van der Waals surface area contributed by atoms with Crippen LogP contribution in [0.3, 0.4) is 0 Å². The number of imidazole rings is 1. The van der Waals surface area contributed by atoms with Gasteiger partial charge in [0.15, 0.2) is 11.5 Å². The van der Waals surface area contributed by atoms with Gasteiger partial charge in [-0.25, -0.2) is 9.97 Å². The molecule has 6 heteroatoms. The highest BCUT2D eigenvalue weighted by Crippen LogP contribution is 2.26. The molecule has 0 saturated carbocycles. The highest BCUT2D eigenvalue weighted by atomic mass is 16.5. The van der Waals surface area contributed by atoms with Crippen LogP contribution in [-0.2, 0) is 0 Å². The molecule has 0 aliphatic rings. The third kappa shape index (κ3) is 2.73. The van der Waals surface area contributed by atoms with Crippen molar-refractivity contribution in [3.63, 3.8) is 0 Å². The predicted octanol–water partition coefficient (Wildman–Crippen LogP) is 2.20. The minimum Gasteiger partial charge on any atom is -0.497 e. The lowest BCUT2D eigenvalue weighted by Crippen LogP contribution is -2.06. The molecule has 0 fully saturated rings. The maximum absolute atomic E-state index is 8.87. The largest absolute Gasteiger partial charge is 0.497 e. The minimum atomic E-state index is 0.152. The maximum atomic E-state index is 8.87. The number of aliphatic hydroxyl groups excluding tert-OH is 1. The molecule has 0 amide bonds. The Bertz CT molecular complexity index is 770. The minimum absolute atomic E-state index is 0.152. The van der Waals surface area contributed by atoms with E-state index < -0.39 is 0 Å². The Morgan fingerprint density at radius 1 is 1.32 bits per heavy atom. The lowest BCUT2D eigenvalue weighted by atomic mass is 10.1. The van der Waals surface area contributed by atoms with Gasteiger partial charge in [0, 0.05) is 31.1 Å². The van der Waals surface area contributed by atoms with Gasteiger partial charge in [0.25, 0.3) is 0 Å². The molecule has 2 N–H and O–H groups in total. The lowest BCUT2D eigenvalue weighted by Gasteiger charge is -2.07. The van der Waals surface area contributed by atoms with Gasteiger partial charge < -0.3 is 15.2 Å². The van der Waals surface area contributed by atoms with Crippen LogP contribution in [0.25, 0.3) is 16.9 Å². The number of hydrogen-bond donors (Lipinski definition) is 2. The number of aliphatic hydroxyl groups is 1. The summed E-state index contributed by atoms with van der Waals surface area (Å²) in [5.41, 5.74) is 2.76. The summed E-state index contributed by atoms with van der Waals surface area (Å²) < 4.78 is 7.27. The first-order valence-corrected chi connectivity index (χ1v) is 7.14. The first-order valence-electron chi connectivity index (χ1n) is 7.14. The molecule has 0 bridgehead atoms. The fourth-order valence-electron chi connectivity index (χ4n) is 2.33. The second kappa shape index (κ2) is 6.44. The van der Waals surface area contributed by atoms with E-state index in [1.165, 1.54) is 0 Å². The van der Waals surface area contributed by atoms with E-state index in [0.717, 1.165) is 22.7 Å². The van der Waals surface area contributed by atoms with Crippen molar-refractivity contribution in [2.45, 2.75) is 6.42 Å². The molecule has 0 aliphatic heterocycles. The second-order valence-electron chi connectivity index (χ2n) is 4.85. The normalized spacial score (nSPS) is 10.8. The van der Waals surface area contributed by atoms with E-state index in [9.17, 15) is 0 Å². The molecule has 0 spiro atoms. The van der Waals surface area contributed by atoms with Gasteiger partial charge in [-0.3, -0.25) is 4.40 Å². The van der Waals surface area contributed by atoms with Crippen LogP contribution in [0, 0.1) is 0 Å². The Kier molecular flexibility index (Phi) is 4.20. The number of nitrogens with zero attached hydrogens (tertiary/aromatic N) is 3. The van der Waals surface area contributed by atoms with Crippen molar-refractivity contribution in [1.82, 2.24) is 14.4 Å². The second-order valence-corrected chi connectivity index (χ2v) is 4.85. The SMILES string of the molecule is COc1cccc(-c2cnc3c(NCCCO)nccn23)c1. The van der Waals surface area contributed by atoms with Gasteiger partial charge in [-0.2, -0.15) is 0 Å². The Labute approximate surface area is 128 Å². The van der Waals surface area contributed by atoms with E-state index in [1.807, 2.05) is 41.1 Å². The van der Waals surface area contributed by atoms with Crippen LogP contribution in [-0.4, -0.2) is 39.7 Å². The number of methoxy groups -OCH3 is 1. The van der Waals surface area contributed by atoms with Crippen molar-refractivity contribution in [2.24, 2.45) is 0 Å². The maximum Gasteiger partial charge on any atom is 0.180 e. The molecule has 1 aromatic carbocycles. The van der Waals surface area contributed by atoms with E-state index in [2.05, 4.69) is 15.3 Å². The molecule has 0 unspecified atom stereocenters. The van der Waals surface area contributed by atoms with E-state index >= 15 is 0 Å². The van der Waals surface area contributed by atoms with Gasteiger partial charge in [-0.1, -0.05) is 12.1 Å². The first-order chi connectivity index (χ1) is 10.8. The zero-order chi connectivity index (χ0) is 15.4. The molecule has 0 saturated heterocycles. The fraction of sp³-hybridized carbons (Fsp3) is 0.250. The Morgan fingerprint density at radius 3 is 3.05 bits per heavy atom. The molecule has 114 valence electrons. The summed E-state index contributed by atoms with van der Waals surface area (Å²) in [6.07, 6.45) is 6.11. The Balaban J connectivity index is 1.99. The Morgan fingerprint density at radius 2 is 2.23 bits per heavy atom. The number of aromatic nitrogens is 3. The van der Waals surface area contributed by atoms with Crippen LogP contribution in [0.4, 0.5) is 5.82 Å². The molecule has 2 aromatic heterocycles. The van der Waals surface area contributed by atoms with Crippen LogP contribution in [0.15, 0.2) is 42.9 Å². The number of ether oxygens (including phenoxy) is 1. The quantitative estimate of drug-likeness (QED) is 0.683. The summed E-state index contributed by atoms with van der Waals surface area (Å²) in [4.78, 5) is 8.78. The van der Waals surface area contributed by atoms with Gasteiger partial charge in [0.05, 0.1) is 19.0 Å². The average Bonchev–Trinajstić information content (AvgIpc) is 3.00. The molecule has 0 radical (unpaired) electrons. The molecule has 0 aliphatic carbocycles. The third-order valence-electron chi connectivity index (χ3n) is 3.42. The first kappa shape index (κ1) is 14.3. The van der Waals surface area contributed by atoms with Gasteiger partial charge in [-0.15, -0.1) is 0 Å². The number of nitrogens with one attached hydrogen (secondary N) is 1. The summed E-state index contributed by atoms with van der Waals surface area (Å²) in [6.45, 7) is 0.810. The smallest absolute Gasteiger partial charge is 0.180 e. The Hall–Kier alpha value is -2.60. The molecule has 22 heavy (non-hydrogen) atoms. The van der Waals surface area contributed by atoms with Crippen LogP contribution >= 0.6 is 0 Å². The average molecular weight is 298 g/mol. The molecular formula is C16H18N4O2. The molecule has 6 nitrogen and oxygen atoms in total. The molecule has 0 atom stereocenters. The van der Waals surface area contributed by atoms with Crippen LogP contribution in [0.1, 0.15) is 6.42 Å². The number of hydrogen-bond acceptors (Lipinski definition) is 5. The zero-order valence-electron chi connectivity index (χ0n) is 12.4. The number of fused-ring (bicyclic) bond motifs is 1. The predicted molar refractivity (Wildman–Crippen MR) is 85.2 cm³/mol. The molecular weight excluding hydrogens is 280 g/mol. The standard InChI is InChI=1S/C16H18N4O2/c1-22-13-5-2-4-12(10-13)14-11-19-16-15(17-6-3-9-21)18-7-8-20(14)16/h2,4-5,7-8,10-11,21H,3,6,9H2,1H3,(H,17,18). The number of benzene rings is 1. The summed E-state index contributed by atoms with van der Waals surface area (Å²) in [7, 11) is 1.65. The molecule has 3 aromatic rings. The third-order valence-corrected chi connectivity index (χ3v) is 3.42. The number of rotatable bonds is 6. The summed E-state index contributed by atoms with van der Waals surface area (Å²) in [6, 6.07) is 7.86. The monoisotopic (exact) mass is 298 g/mol. The van der Waals surface area contributed by atoms with Crippen LogP contribution < -0.4 is 10.1 Å². The van der Waals surface area contributed by atoms with Crippen molar-refractivity contribution in [3.05, 3.63) is 42.9 Å². The zero-order valence-corrected chi connectivity index (χ0v) is 12.4. The van der Waals surface area contributed by atoms with Gasteiger partial charge in [0.2, 0.25) is 0 Å². The van der Waals surface area contributed by atoms with Crippen LogP contribution in [0.2, 0.25) is 0 Å². The van der Waals surface area contributed by atoms with Gasteiger partial charge in [-0.05, 0) is 18.6 Å². The highest BCUT2D eigenvalue weighted by Gasteiger charge is 2.10. The van der Waals surface area contributed by atoms with Gasteiger partial charge in [0.1, 0.15) is 5.75 Å².